The second-order valence-corrected chi connectivity index (χ2v) is 4.03. The molecule has 0 aliphatic rings. The molecule has 98 valence electrons. The number of nitro groups is 1. The fourth-order valence-corrected chi connectivity index (χ4v) is 1.39. The van der Waals surface area contributed by atoms with Crippen LogP contribution in [0.5, 0.6) is 5.75 Å². The average Bonchev–Trinajstić information content (AvgIpc) is 2.35. The predicted molar refractivity (Wildman–Crippen MR) is 71.0 cm³/mol. The molecule has 5 heteroatoms. The van der Waals surface area contributed by atoms with Gasteiger partial charge in [-0.15, -0.1) is 0 Å². The quantitative estimate of drug-likeness (QED) is 0.458. The van der Waals surface area contributed by atoms with Crippen LogP contribution in [0, 0.1) is 17.0 Å². The summed E-state index contributed by atoms with van der Waals surface area (Å²) < 4.78 is 5.54. The summed E-state index contributed by atoms with van der Waals surface area (Å²) in [7, 11) is 0. The minimum Gasteiger partial charge on any atom is -0.489 e. The SMILES string of the molecule is C=C(CNCC)COc1cc([N+](=O)[O-])ccc1C. The highest BCUT2D eigenvalue weighted by atomic mass is 16.6. The Labute approximate surface area is 107 Å². The van der Waals surface area contributed by atoms with Crippen LogP contribution < -0.4 is 10.1 Å². The monoisotopic (exact) mass is 250 g/mol. The molecule has 1 aromatic carbocycles. The van der Waals surface area contributed by atoms with Gasteiger partial charge in [0, 0.05) is 12.6 Å². The van der Waals surface area contributed by atoms with E-state index in [2.05, 4.69) is 11.9 Å². The number of likely N-dealkylation sites (N-methyl/N-ethyl adjacent to an activating group) is 1. The van der Waals surface area contributed by atoms with Crippen molar-refractivity contribution in [3.63, 3.8) is 0 Å². The zero-order valence-electron chi connectivity index (χ0n) is 10.7. The van der Waals surface area contributed by atoms with Crippen LogP contribution in [0.15, 0.2) is 30.4 Å². The van der Waals surface area contributed by atoms with E-state index in [1.165, 1.54) is 12.1 Å². The molecule has 1 aromatic rings. The summed E-state index contributed by atoms with van der Waals surface area (Å²) >= 11 is 0. The molecule has 0 aromatic heterocycles. The lowest BCUT2D eigenvalue weighted by Gasteiger charge is -2.11. The van der Waals surface area contributed by atoms with Crippen molar-refractivity contribution in [2.75, 3.05) is 19.7 Å². The molecule has 1 N–H and O–H groups in total. The molecule has 0 fully saturated rings. The van der Waals surface area contributed by atoms with Crippen molar-refractivity contribution in [3.8, 4) is 5.75 Å². The average molecular weight is 250 g/mol. The molecule has 0 saturated carbocycles. The van der Waals surface area contributed by atoms with Gasteiger partial charge in [0.05, 0.1) is 11.0 Å². The van der Waals surface area contributed by atoms with E-state index in [9.17, 15) is 10.1 Å². The Morgan fingerprint density at radius 3 is 2.89 bits per heavy atom. The van der Waals surface area contributed by atoms with Crippen molar-refractivity contribution in [2.45, 2.75) is 13.8 Å². The van der Waals surface area contributed by atoms with Gasteiger partial charge in [-0.1, -0.05) is 13.5 Å². The number of non-ortho nitro benzene ring substituents is 1. The third kappa shape index (κ3) is 4.18. The molecule has 18 heavy (non-hydrogen) atoms. The number of aryl methyl sites for hydroxylation is 1. The number of nitro benzene ring substituents is 1. The molecule has 0 bridgehead atoms. The second kappa shape index (κ2) is 6.76. The van der Waals surface area contributed by atoms with Crippen LogP contribution in [0.4, 0.5) is 5.69 Å². The lowest BCUT2D eigenvalue weighted by Crippen LogP contribution is -2.19. The smallest absolute Gasteiger partial charge is 0.273 e. The highest BCUT2D eigenvalue weighted by Gasteiger charge is 2.09. The van der Waals surface area contributed by atoms with Gasteiger partial charge < -0.3 is 10.1 Å². The summed E-state index contributed by atoms with van der Waals surface area (Å²) in [6.07, 6.45) is 0. The third-order valence-electron chi connectivity index (χ3n) is 2.44. The van der Waals surface area contributed by atoms with Crippen LogP contribution in [0.1, 0.15) is 12.5 Å². The fraction of sp³-hybridized carbons (Fsp3) is 0.385. The van der Waals surface area contributed by atoms with E-state index < -0.39 is 4.92 Å². The highest BCUT2D eigenvalue weighted by molar-refractivity contribution is 5.43. The largest absolute Gasteiger partial charge is 0.489 e. The molecule has 0 atom stereocenters. The van der Waals surface area contributed by atoms with Gasteiger partial charge >= 0.3 is 0 Å². The number of hydrogen-bond acceptors (Lipinski definition) is 4. The van der Waals surface area contributed by atoms with E-state index in [0.717, 1.165) is 17.7 Å². The van der Waals surface area contributed by atoms with E-state index >= 15 is 0 Å². The number of ether oxygens (including phenoxy) is 1. The number of rotatable bonds is 7. The van der Waals surface area contributed by atoms with E-state index in [-0.39, 0.29) is 5.69 Å². The molecule has 0 amide bonds. The Hall–Kier alpha value is -1.88. The first-order valence-corrected chi connectivity index (χ1v) is 5.79. The van der Waals surface area contributed by atoms with E-state index in [4.69, 9.17) is 4.74 Å². The predicted octanol–water partition coefficient (Wildman–Crippen LogP) is 2.45. The zero-order chi connectivity index (χ0) is 13.5. The van der Waals surface area contributed by atoms with Gasteiger partial charge in [-0.2, -0.15) is 0 Å². The Balaban J connectivity index is 2.63. The number of nitrogens with one attached hydrogen (secondary N) is 1. The zero-order valence-corrected chi connectivity index (χ0v) is 10.7. The van der Waals surface area contributed by atoms with Crippen LogP contribution in [0.25, 0.3) is 0 Å². The fourth-order valence-electron chi connectivity index (χ4n) is 1.39. The van der Waals surface area contributed by atoms with Crippen molar-refractivity contribution in [1.82, 2.24) is 5.32 Å². The summed E-state index contributed by atoms with van der Waals surface area (Å²) in [6, 6.07) is 4.59. The number of nitrogens with zero attached hydrogens (tertiary/aromatic N) is 1. The summed E-state index contributed by atoms with van der Waals surface area (Å²) in [5.41, 5.74) is 1.81. The van der Waals surface area contributed by atoms with E-state index in [1.807, 2.05) is 13.8 Å². The first-order valence-electron chi connectivity index (χ1n) is 5.79. The minimum absolute atomic E-state index is 0.0351. The first kappa shape index (κ1) is 14.2. The van der Waals surface area contributed by atoms with Crippen molar-refractivity contribution in [1.29, 1.82) is 0 Å². The van der Waals surface area contributed by atoms with Gasteiger partial charge in [0.15, 0.2) is 0 Å². The van der Waals surface area contributed by atoms with Gasteiger partial charge in [0.2, 0.25) is 0 Å². The van der Waals surface area contributed by atoms with Crippen molar-refractivity contribution in [3.05, 3.63) is 46.0 Å². The normalized spacial score (nSPS) is 10.1. The molecule has 0 radical (unpaired) electrons. The lowest BCUT2D eigenvalue weighted by molar-refractivity contribution is -0.384. The first-order chi connectivity index (χ1) is 8.54. The van der Waals surface area contributed by atoms with Crippen LogP contribution in [-0.4, -0.2) is 24.6 Å². The van der Waals surface area contributed by atoms with Crippen LogP contribution in [0.2, 0.25) is 0 Å². The van der Waals surface area contributed by atoms with Gasteiger partial charge in [0.25, 0.3) is 5.69 Å². The Morgan fingerprint density at radius 2 is 2.28 bits per heavy atom. The summed E-state index contributed by atoms with van der Waals surface area (Å²) in [4.78, 5) is 10.2. The molecule has 0 aliphatic carbocycles. The summed E-state index contributed by atoms with van der Waals surface area (Å²) in [6.45, 7) is 9.65. The molecular weight excluding hydrogens is 232 g/mol. The standard InChI is InChI=1S/C13H18N2O3/c1-4-14-8-10(2)9-18-13-7-12(15(16)17)6-5-11(13)3/h5-7,14H,2,4,8-9H2,1,3H3. The van der Waals surface area contributed by atoms with Crippen molar-refractivity contribution in [2.24, 2.45) is 0 Å². The topological polar surface area (TPSA) is 64.4 Å². The minimum atomic E-state index is -0.431. The van der Waals surface area contributed by atoms with Crippen molar-refractivity contribution >= 4 is 5.69 Å². The van der Waals surface area contributed by atoms with Crippen molar-refractivity contribution < 1.29 is 9.66 Å². The molecular formula is C13H18N2O3. The third-order valence-corrected chi connectivity index (χ3v) is 2.44. The second-order valence-electron chi connectivity index (χ2n) is 4.03. The summed E-state index contributed by atoms with van der Waals surface area (Å²) in [5.74, 6) is 0.529. The van der Waals surface area contributed by atoms with E-state index in [0.29, 0.717) is 18.9 Å². The Bertz CT molecular complexity index is 444. The maximum atomic E-state index is 10.7. The number of hydrogen-bond donors (Lipinski definition) is 1. The summed E-state index contributed by atoms with van der Waals surface area (Å²) in [5, 5.41) is 13.8. The molecule has 0 spiro atoms. The molecule has 0 saturated heterocycles. The molecule has 0 aliphatic heterocycles. The molecule has 0 unspecified atom stereocenters. The van der Waals surface area contributed by atoms with Crippen LogP contribution >= 0.6 is 0 Å². The van der Waals surface area contributed by atoms with Crippen LogP contribution in [-0.2, 0) is 0 Å². The van der Waals surface area contributed by atoms with Gasteiger partial charge in [-0.3, -0.25) is 10.1 Å². The van der Waals surface area contributed by atoms with Gasteiger partial charge in [0.1, 0.15) is 12.4 Å². The lowest BCUT2D eigenvalue weighted by atomic mass is 10.2. The molecule has 0 heterocycles. The van der Waals surface area contributed by atoms with Gasteiger partial charge in [-0.25, -0.2) is 0 Å². The molecule has 5 nitrogen and oxygen atoms in total. The highest BCUT2D eigenvalue weighted by Crippen LogP contribution is 2.24. The number of benzene rings is 1. The Kier molecular flexibility index (Phi) is 5.32. The Morgan fingerprint density at radius 1 is 1.56 bits per heavy atom. The van der Waals surface area contributed by atoms with Gasteiger partial charge in [-0.05, 0) is 30.7 Å². The molecule has 1 rings (SSSR count). The maximum Gasteiger partial charge on any atom is 0.273 e. The maximum absolute atomic E-state index is 10.7. The van der Waals surface area contributed by atoms with E-state index in [1.54, 1.807) is 6.07 Å². The van der Waals surface area contributed by atoms with Crippen LogP contribution in [0.3, 0.4) is 0 Å².